The third-order valence-corrected chi connectivity index (χ3v) is 7.66. The van der Waals surface area contributed by atoms with Crippen LogP contribution in [0, 0.1) is 6.92 Å². The Bertz CT molecular complexity index is 1140. The fourth-order valence-corrected chi connectivity index (χ4v) is 5.45. The number of carbonyl (C=O) groups is 1. The number of aromatic nitrogens is 1. The van der Waals surface area contributed by atoms with Crippen LogP contribution in [0.25, 0.3) is 10.9 Å². The van der Waals surface area contributed by atoms with Gasteiger partial charge in [-0.05, 0) is 43.5 Å². The van der Waals surface area contributed by atoms with Crippen LogP contribution in [0.5, 0.6) is 0 Å². The van der Waals surface area contributed by atoms with Crippen LogP contribution in [-0.2, 0) is 21.2 Å². The summed E-state index contributed by atoms with van der Waals surface area (Å²) >= 11 is 0. The van der Waals surface area contributed by atoms with Crippen molar-refractivity contribution in [1.82, 2.24) is 14.2 Å². The van der Waals surface area contributed by atoms with E-state index in [9.17, 15) is 13.2 Å². The topological polar surface area (TPSA) is 73.5 Å². The first-order chi connectivity index (χ1) is 14.4. The summed E-state index contributed by atoms with van der Waals surface area (Å²) in [7, 11) is -3.53. The highest BCUT2D eigenvalue weighted by atomic mass is 32.2. The van der Waals surface area contributed by atoms with Gasteiger partial charge in [-0.3, -0.25) is 4.79 Å². The summed E-state index contributed by atoms with van der Waals surface area (Å²) in [5.74, 6) is 0.0786. The zero-order valence-corrected chi connectivity index (χ0v) is 18.0. The van der Waals surface area contributed by atoms with E-state index in [2.05, 4.69) is 11.1 Å². The van der Waals surface area contributed by atoms with Crippen molar-refractivity contribution < 1.29 is 13.2 Å². The smallest absolute Gasteiger partial charge is 0.243 e. The first-order valence-corrected chi connectivity index (χ1v) is 11.8. The number of aryl methyl sites for hydroxylation is 2. The van der Waals surface area contributed by atoms with E-state index in [1.807, 2.05) is 43.5 Å². The summed E-state index contributed by atoms with van der Waals surface area (Å²) in [6.45, 7) is 3.71. The molecule has 6 nitrogen and oxygen atoms in total. The van der Waals surface area contributed by atoms with Crippen LogP contribution in [0.2, 0.25) is 0 Å². The van der Waals surface area contributed by atoms with Crippen LogP contribution >= 0.6 is 0 Å². The fraction of sp³-hybridized carbons (Fsp3) is 0.348. The van der Waals surface area contributed by atoms with Crippen molar-refractivity contribution in [3.8, 4) is 0 Å². The van der Waals surface area contributed by atoms with Crippen molar-refractivity contribution in [1.29, 1.82) is 0 Å². The van der Waals surface area contributed by atoms with Gasteiger partial charge in [0.2, 0.25) is 15.9 Å². The third-order valence-electron chi connectivity index (χ3n) is 5.75. The first-order valence-electron chi connectivity index (χ1n) is 10.3. The van der Waals surface area contributed by atoms with Gasteiger partial charge >= 0.3 is 0 Å². The second-order valence-corrected chi connectivity index (χ2v) is 9.75. The molecule has 2 heterocycles. The van der Waals surface area contributed by atoms with E-state index in [-0.39, 0.29) is 5.91 Å². The van der Waals surface area contributed by atoms with E-state index in [4.69, 9.17) is 0 Å². The van der Waals surface area contributed by atoms with E-state index in [0.29, 0.717) is 50.3 Å². The number of sulfonamides is 1. The molecule has 1 saturated heterocycles. The van der Waals surface area contributed by atoms with E-state index >= 15 is 0 Å². The van der Waals surface area contributed by atoms with Gasteiger partial charge in [-0.25, -0.2) is 8.42 Å². The lowest BCUT2D eigenvalue weighted by Crippen LogP contribution is -2.37. The third kappa shape index (κ3) is 4.27. The zero-order chi connectivity index (χ0) is 21.1. The van der Waals surface area contributed by atoms with Crippen molar-refractivity contribution in [2.24, 2.45) is 0 Å². The van der Waals surface area contributed by atoms with E-state index in [1.54, 1.807) is 17.0 Å². The SMILES string of the molecule is Cc1ccc(S(=O)(=O)N2CCCN(C(=O)CCc3c[nH]c4ccccc34)CC2)cc1. The number of fused-ring (bicyclic) bond motifs is 1. The first kappa shape index (κ1) is 20.6. The minimum Gasteiger partial charge on any atom is -0.361 e. The number of rotatable bonds is 5. The molecule has 1 aliphatic heterocycles. The molecule has 0 aliphatic carbocycles. The standard InChI is InChI=1S/C23H27N3O3S/c1-18-7-10-20(11-8-18)30(28,29)26-14-4-13-25(15-16-26)23(27)12-9-19-17-24-22-6-3-2-5-21(19)22/h2-3,5-8,10-11,17,24H,4,9,12-16H2,1H3. The van der Waals surface area contributed by atoms with Crippen molar-refractivity contribution in [2.75, 3.05) is 26.2 Å². The summed E-state index contributed by atoms with van der Waals surface area (Å²) in [5.41, 5.74) is 3.24. The Balaban J connectivity index is 1.37. The van der Waals surface area contributed by atoms with Crippen LogP contribution < -0.4 is 0 Å². The summed E-state index contributed by atoms with van der Waals surface area (Å²) < 4.78 is 27.4. The molecular weight excluding hydrogens is 398 g/mol. The molecule has 3 aromatic rings. The number of nitrogens with one attached hydrogen (secondary N) is 1. The van der Waals surface area contributed by atoms with Gasteiger partial charge in [0.05, 0.1) is 4.90 Å². The fourth-order valence-electron chi connectivity index (χ4n) is 3.98. The minimum absolute atomic E-state index is 0.0786. The molecule has 158 valence electrons. The van der Waals surface area contributed by atoms with Gasteiger partial charge in [0, 0.05) is 49.7 Å². The summed E-state index contributed by atoms with van der Waals surface area (Å²) in [4.78, 5) is 18.2. The van der Waals surface area contributed by atoms with Gasteiger partial charge in [0.1, 0.15) is 0 Å². The Morgan fingerprint density at radius 1 is 1.00 bits per heavy atom. The normalized spacial score (nSPS) is 16.0. The van der Waals surface area contributed by atoms with E-state index in [0.717, 1.165) is 22.0 Å². The average Bonchev–Trinajstić information content (AvgIpc) is 2.98. The molecule has 1 aliphatic rings. The Labute approximate surface area is 177 Å². The highest BCUT2D eigenvalue weighted by Gasteiger charge is 2.28. The van der Waals surface area contributed by atoms with Gasteiger partial charge in [-0.1, -0.05) is 35.9 Å². The Hall–Kier alpha value is -2.64. The molecule has 1 fully saturated rings. The second-order valence-electron chi connectivity index (χ2n) is 7.81. The number of nitrogens with zero attached hydrogens (tertiary/aromatic N) is 2. The van der Waals surface area contributed by atoms with E-state index in [1.165, 1.54) is 4.31 Å². The number of H-pyrrole nitrogens is 1. The van der Waals surface area contributed by atoms with Crippen LogP contribution in [0.15, 0.2) is 59.6 Å². The molecule has 0 bridgehead atoms. The molecule has 0 saturated carbocycles. The average molecular weight is 426 g/mol. The molecule has 0 spiro atoms. The number of aromatic amines is 1. The molecule has 0 unspecified atom stereocenters. The molecule has 30 heavy (non-hydrogen) atoms. The summed E-state index contributed by atoms with van der Waals surface area (Å²) in [6.07, 6.45) is 3.71. The molecule has 0 radical (unpaired) electrons. The number of hydrogen-bond acceptors (Lipinski definition) is 3. The van der Waals surface area contributed by atoms with Crippen LogP contribution in [0.3, 0.4) is 0 Å². The molecule has 0 atom stereocenters. The molecule has 4 rings (SSSR count). The van der Waals surface area contributed by atoms with Crippen molar-refractivity contribution in [2.45, 2.75) is 31.1 Å². The lowest BCUT2D eigenvalue weighted by atomic mass is 10.1. The van der Waals surface area contributed by atoms with Crippen molar-refractivity contribution in [3.63, 3.8) is 0 Å². The van der Waals surface area contributed by atoms with Gasteiger partial charge in [0.15, 0.2) is 0 Å². The lowest BCUT2D eigenvalue weighted by molar-refractivity contribution is -0.131. The Morgan fingerprint density at radius 2 is 1.77 bits per heavy atom. The summed E-state index contributed by atoms with van der Waals surface area (Å²) in [6, 6.07) is 15.0. The lowest BCUT2D eigenvalue weighted by Gasteiger charge is -2.22. The summed E-state index contributed by atoms with van der Waals surface area (Å²) in [5, 5.41) is 1.15. The maximum absolute atomic E-state index is 13.0. The second kappa shape index (κ2) is 8.62. The molecule has 7 heteroatoms. The maximum atomic E-state index is 13.0. The molecule has 1 amide bonds. The molecule has 1 N–H and O–H groups in total. The predicted octanol–water partition coefficient (Wildman–Crippen LogP) is 3.33. The highest BCUT2D eigenvalue weighted by molar-refractivity contribution is 7.89. The van der Waals surface area contributed by atoms with Gasteiger partial charge < -0.3 is 9.88 Å². The number of amides is 1. The van der Waals surface area contributed by atoms with E-state index < -0.39 is 10.0 Å². The van der Waals surface area contributed by atoms with Crippen LogP contribution in [-0.4, -0.2) is 54.7 Å². The monoisotopic (exact) mass is 425 g/mol. The Morgan fingerprint density at radius 3 is 2.57 bits per heavy atom. The van der Waals surface area contributed by atoms with Crippen LogP contribution in [0.1, 0.15) is 24.0 Å². The Kier molecular flexibility index (Phi) is 5.92. The molecular formula is C23H27N3O3S. The van der Waals surface area contributed by atoms with Gasteiger partial charge in [0.25, 0.3) is 0 Å². The zero-order valence-electron chi connectivity index (χ0n) is 17.2. The molecule has 1 aromatic heterocycles. The largest absolute Gasteiger partial charge is 0.361 e. The predicted molar refractivity (Wildman–Crippen MR) is 118 cm³/mol. The van der Waals surface area contributed by atoms with Crippen molar-refractivity contribution >= 4 is 26.8 Å². The number of benzene rings is 2. The van der Waals surface area contributed by atoms with Gasteiger partial charge in [-0.15, -0.1) is 0 Å². The number of para-hydroxylation sites is 1. The van der Waals surface area contributed by atoms with Gasteiger partial charge in [-0.2, -0.15) is 4.31 Å². The highest BCUT2D eigenvalue weighted by Crippen LogP contribution is 2.21. The molecule has 2 aromatic carbocycles. The number of hydrogen-bond donors (Lipinski definition) is 1. The number of carbonyl (C=O) groups excluding carboxylic acids is 1. The maximum Gasteiger partial charge on any atom is 0.243 e. The quantitative estimate of drug-likeness (QED) is 0.681. The van der Waals surface area contributed by atoms with Crippen LogP contribution in [0.4, 0.5) is 0 Å². The van der Waals surface area contributed by atoms with Crippen molar-refractivity contribution in [3.05, 3.63) is 65.9 Å². The minimum atomic E-state index is -3.53.